The Labute approximate surface area is 193 Å². The molecule has 2 N–H and O–H groups in total. The van der Waals surface area contributed by atoms with E-state index in [1.165, 1.54) is 10.9 Å². The van der Waals surface area contributed by atoms with Crippen molar-refractivity contribution in [1.82, 2.24) is 9.88 Å². The second-order valence-electron chi connectivity index (χ2n) is 9.00. The first-order valence-electron chi connectivity index (χ1n) is 11.5. The fourth-order valence-corrected chi connectivity index (χ4v) is 5.04. The molecule has 0 amide bonds. The van der Waals surface area contributed by atoms with Gasteiger partial charge in [0.05, 0.1) is 32.0 Å². The van der Waals surface area contributed by atoms with Crippen LogP contribution in [0, 0.1) is 6.92 Å². The van der Waals surface area contributed by atoms with E-state index in [0.29, 0.717) is 18.8 Å². The molecule has 0 bridgehead atoms. The van der Waals surface area contributed by atoms with Crippen LogP contribution in [0.3, 0.4) is 0 Å². The minimum atomic E-state index is -0.910. The predicted molar refractivity (Wildman–Crippen MR) is 125 cm³/mol. The van der Waals surface area contributed by atoms with Crippen LogP contribution in [0.15, 0.2) is 42.6 Å². The minimum absolute atomic E-state index is 0.118. The molecule has 2 fully saturated rings. The zero-order valence-electron chi connectivity index (χ0n) is 19.0. The van der Waals surface area contributed by atoms with Gasteiger partial charge in [-0.05, 0) is 55.2 Å². The zero-order chi connectivity index (χ0) is 22.9. The summed E-state index contributed by atoms with van der Waals surface area (Å²) in [6, 6.07) is 11.6. The van der Waals surface area contributed by atoms with Gasteiger partial charge in [0.15, 0.2) is 0 Å². The molecule has 2 aromatic carbocycles. The van der Waals surface area contributed by atoms with Gasteiger partial charge >= 0.3 is 5.97 Å². The van der Waals surface area contributed by atoms with Gasteiger partial charge in [-0.3, -0.25) is 4.90 Å². The number of aromatic amines is 1. The van der Waals surface area contributed by atoms with E-state index in [1.54, 1.807) is 19.2 Å². The number of aryl methyl sites for hydroxylation is 1. The lowest BCUT2D eigenvalue weighted by molar-refractivity contribution is -0.167. The van der Waals surface area contributed by atoms with Crippen molar-refractivity contribution in [1.29, 1.82) is 0 Å². The van der Waals surface area contributed by atoms with Gasteiger partial charge in [-0.25, -0.2) is 4.79 Å². The number of hydrogen-bond donors (Lipinski definition) is 2. The summed E-state index contributed by atoms with van der Waals surface area (Å²) >= 11 is 0. The molecule has 2 aliphatic heterocycles. The summed E-state index contributed by atoms with van der Waals surface area (Å²) in [6.07, 6.45) is 4.13. The van der Waals surface area contributed by atoms with Crippen molar-refractivity contribution >= 4 is 16.9 Å². The highest BCUT2D eigenvalue weighted by Gasteiger charge is 2.34. The maximum absolute atomic E-state index is 11.3. The Morgan fingerprint density at radius 3 is 2.67 bits per heavy atom. The number of hydrogen-bond acceptors (Lipinski definition) is 5. The van der Waals surface area contributed by atoms with Crippen LogP contribution in [-0.2, 0) is 16.0 Å². The molecular weight excluding hydrogens is 420 g/mol. The second kappa shape index (κ2) is 9.17. The van der Waals surface area contributed by atoms with Crippen LogP contribution >= 0.6 is 0 Å². The van der Waals surface area contributed by atoms with Crippen molar-refractivity contribution in [3.8, 4) is 5.75 Å². The van der Waals surface area contributed by atoms with Crippen molar-refractivity contribution in [2.75, 3.05) is 26.9 Å². The Bertz CT molecular complexity index is 1140. The molecule has 1 aromatic heterocycles. The lowest BCUT2D eigenvalue weighted by Crippen LogP contribution is -2.44. The molecule has 5 rings (SSSR count). The number of ether oxygens (including phenoxy) is 3. The SMILES string of the molecule is COc1cc(C)c2[nH]ccc2c1CN1CC[C@@H](OC2COC2)C[C@H]1c1ccc(C(=O)O)cc1. The number of rotatable bonds is 7. The number of likely N-dealkylation sites (tertiary alicyclic amines) is 1. The number of benzene rings is 2. The van der Waals surface area contributed by atoms with Gasteiger partial charge in [-0.2, -0.15) is 0 Å². The Hall–Kier alpha value is -2.87. The number of carbonyl (C=O) groups is 1. The summed E-state index contributed by atoms with van der Waals surface area (Å²) < 4.78 is 17.3. The van der Waals surface area contributed by atoms with E-state index in [9.17, 15) is 9.90 Å². The Kier molecular flexibility index (Phi) is 6.10. The van der Waals surface area contributed by atoms with Crippen LogP contribution in [0.4, 0.5) is 0 Å². The van der Waals surface area contributed by atoms with Gasteiger partial charge in [0.2, 0.25) is 0 Å². The van der Waals surface area contributed by atoms with Crippen LogP contribution in [0.1, 0.15) is 45.9 Å². The summed E-state index contributed by atoms with van der Waals surface area (Å²) in [5.41, 5.74) is 4.87. The van der Waals surface area contributed by atoms with Crippen LogP contribution in [0.25, 0.3) is 10.9 Å². The number of aromatic nitrogens is 1. The third kappa shape index (κ3) is 4.36. The Morgan fingerprint density at radius 1 is 1.21 bits per heavy atom. The van der Waals surface area contributed by atoms with Crippen molar-refractivity contribution in [3.05, 3.63) is 64.8 Å². The number of carboxylic acids is 1. The lowest BCUT2D eigenvalue weighted by atomic mass is 9.91. The Balaban J connectivity index is 1.46. The fraction of sp³-hybridized carbons (Fsp3) is 0.423. The highest BCUT2D eigenvalue weighted by molar-refractivity contribution is 5.88. The molecule has 7 nitrogen and oxygen atoms in total. The molecule has 0 radical (unpaired) electrons. The molecule has 33 heavy (non-hydrogen) atoms. The van der Waals surface area contributed by atoms with Crippen LogP contribution in [0.2, 0.25) is 0 Å². The van der Waals surface area contributed by atoms with Gasteiger partial charge in [-0.1, -0.05) is 12.1 Å². The molecule has 2 atom stereocenters. The first-order chi connectivity index (χ1) is 16.0. The Morgan fingerprint density at radius 2 is 2.00 bits per heavy atom. The molecule has 2 saturated heterocycles. The lowest BCUT2D eigenvalue weighted by Gasteiger charge is -2.42. The number of aromatic carboxylic acids is 1. The predicted octanol–water partition coefficient (Wildman–Crippen LogP) is 4.30. The number of carboxylic acid groups (broad SMARTS) is 1. The topological polar surface area (TPSA) is 84.0 Å². The normalized spacial score (nSPS) is 21.8. The number of methoxy groups -OCH3 is 1. The van der Waals surface area contributed by atoms with Crippen LogP contribution in [-0.4, -0.2) is 60.0 Å². The number of fused-ring (bicyclic) bond motifs is 1. The maximum Gasteiger partial charge on any atom is 0.335 e. The van der Waals surface area contributed by atoms with E-state index in [1.807, 2.05) is 18.3 Å². The zero-order valence-corrected chi connectivity index (χ0v) is 19.0. The van der Waals surface area contributed by atoms with E-state index in [4.69, 9.17) is 14.2 Å². The molecule has 0 saturated carbocycles. The van der Waals surface area contributed by atoms with Crippen molar-refractivity contribution in [3.63, 3.8) is 0 Å². The summed E-state index contributed by atoms with van der Waals surface area (Å²) in [4.78, 5) is 17.2. The molecule has 174 valence electrons. The maximum atomic E-state index is 11.3. The number of piperidine rings is 1. The molecule has 0 spiro atoms. The molecule has 2 aliphatic rings. The summed E-state index contributed by atoms with van der Waals surface area (Å²) in [5.74, 6) is -0.0166. The van der Waals surface area contributed by atoms with Gasteiger partial charge in [0, 0.05) is 41.8 Å². The standard InChI is InChI=1S/C26H30N2O5/c1-16-11-24(31-2)22(21-7-9-27-25(16)21)13-28-10-8-19(33-20-14-32-15-20)12-23(28)17-3-5-18(6-4-17)26(29)30/h3-7,9,11,19-20,23,27H,8,10,12-15H2,1-2H3,(H,29,30)/t19-,23+/m1/s1. The molecule has 7 heteroatoms. The highest BCUT2D eigenvalue weighted by atomic mass is 16.6. The van der Waals surface area contributed by atoms with E-state index < -0.39 is 5.97 Å². The quantitative estimate of drug-likeness (QED) is 0.558. The first kappa shape index (κ1) is 21.9. The minimum Gasteiger partial charge on any atom is -0.496 e. The number of nitrogens with zero attached hydrogens (tertiary/aromatic N) is 1. The first-order valence-corrected chi connectivity index (χ1v) is 11.5. The average Bonchev–Trinajstić information content (AvgIpc) is 3.29. The second-order valence-corrected chi connectivity index (χ2v) is 9.00. The average molecular weight is 451 g/mol. The van der Waals surface area contributed by atoms with E-state index in [-0.39, 0.29) is 18.2 Å². The smallest absolute Gasteiger partial charge is 0.335 e. The third-order valence-corrected chi connectivity index (χ3v) is 6.89. The highest BCUT2D eigenvalue weighted by Crippen LogP contribution is 2.38. The molecule has 3 aromatic rings. The largest absolute Gasteiger partial charge is 0.496 e. The molecular formula is C26H30N2O5. The van der Waals surface area contributed by atoms with Gasteiger partial charge < -0.3 is 24.3 Å². The van der Waals surface area contributed by atoms with Crippen LogP contribution in [0.5, 0.6) is 5.75 Å². The van der Waals surface area contributed by atoms with E-state index >= 15 is 0 Å². The van der Waals surface area contributed by atoms with Gasteiger partial charge in [0.25, 0.3) is 0 Å². The number of H-pyrrole nitrogens is 1. The summed E-state index contributed by atoms with van der Waals surface area (Å²) in [7, 11) is 1.72. The van der Waals surface area contributed by atoms with Crippen LogP contribution < -0.4 is 4.74 Å². The monoisotopic (exact) mass is 450 g/mol. The summed E-state index contributed by atoms with van der Waals surface area (Å²) in [5, 5.41) is 10.5. The number of nitrogens with one attached hydrogen (secondary N) is 1. The van der Waals surface area contributed by atoms with E-state index in [2.05, 4.69) is 28.9 Å². The van der Waals surface area contributed by atoms with E-state index in [0.717, 1.165) is 48.3 Å². The molecule has 0 aliphatic carbocycles. The van der Waals surface area contributed by atoms with Gasteiger partial charge in [0.1, 0.15) is 11.9 Å². The van der Waals surface area contributed by atoms with Crippen molar-refractivity contribution in [2.24, 2.45) is 0 Å². The van der Waals surface area contributed by atoms with Crippen molar-refractivity contribution in [2.45, 2.75) is 44.6 Å². The fourth-order valence-electron chi connectivity index (χ4n) is 5.04. The third-order valence-electron chi connectivity index (χ3n) is 6.89. The molecule has 3 heterocycles. The van der Waals surface area contributed by atoms with Gasteiger partial charge in [-0.15, -0.1) is 0 Å². The van der Waals surface area contributed by atoms with Crippen molar-refractivity contribution < 1.29 is 24.1 Å². The molecule has 0 unspecified atom stereocenters. The summed E-state index contributed by atoms with van der Waals surface area (Å²) in [6.45, 7) is 5.05.